The molecule has 0 N–H and O–H groups in total. The molecule has 0 atom stereocenters. The Balaban J connectivity index is 1.74. The second-order valence-electron chi connectivity index (χ2n) is 6.21. The van der Waals surface area contributed by atoms with Gasteiger partial charge in [-0.05, 0) is 26.8 Å². The van der Waals surface area contributed by atoms with Crippen LogP contribution in [0, 0.1) is 0 Å². The molecule has 1 aromatic carbocycles. The number of esters is 2. The predicted octanol–water partition coefficient (Wildman–Crippen LogP) is 4.35. The maximum atomic E-state index is 12.6. The van der Waals surface area contributed by atoms with Crippen molar-refractivity contribution in [2.24, 2.45) is 0 Å². The third-order valence-electron chi connectivity index (χ3n) is 3.80. The molecule has 0 radical (unpaired) electrons. The van der Waals surface area contributed by atoms with Gasteiger partial charge in [-0.1, -0.05) is 18.2 Å². The van der Waals surface area contributed by atoms with Crippen LogP contribution in [-0.4, -0.2) is 29.6 Å². The van der Waals surface area contributed by atoms with Crippen LogP contribution >= 0.6 is 11.3 Å². The molecule has 0 bridgehead atoms. The second-order valence-corrected chi connectivity index (χ2v) is 7.06. The molecule has 3 aromatic rings. The van der Waals surface area contributed by atoms with Crippen LogP contribution in [0.4, 0.5) is 0 Å². The van der Waals surface area contributed by atoms with Gasteiger partial charge in [0.05, 0.1) is 25.0 Å². The van der Waals surface area contributed by atoms with Gasteiger partial charge in [0.15, 0.2) is 0 Å². The molecule has 148 valence electrons. The highest BCUT2D eigenvalue weighted by molar-refractivity contribution is 7.11. The average molecular weight is 403 g/mol. The zero-order valence-corrected chi connectivity index (χ0v) is 16.7. The lowest BCUT2D eigenvalue weighted by Crippen LogP contribution is -2.10. The lowest BCUT2D eigenvalue weighted by Gasteiger charge is -2.08. The highest BCUT2D eigenvalue weighted by Crippen LogP contribution is 2.28. The van der Waals surface area contributed by atoms with Crippen molar-refractivity contribution in [2.45, 2.75) is 40.1 Å². The van der Waals surface area contributed by atoms with Crippen LogP contribution in [0.1, 0.15) is 52.4 Å². The van der Waals surface area contributed by atoms with Gasteiger partial charge in [-0.25, -0.2) is 14.6 Å². The molecule has 0 fully saturated rings. The molecular weight excluding hydrogens is 382 g/mol. The van der Waals surface area contributed by atoms with Crippen LogP contribution in [-0.2, 0) is 27.4 Å². The van der Waals surface area contributed by atoms with E-state index in [2.05, 4.69) is 4.98 Å². The minimum Gasteiger partial charge on any atom is -0.461 e. The van der Waals surface area contributed by atoms with Gasteiger partial charge >= 0.3 is 11.9 Å². The number of furan rings is 1. The number of aromatic nitrogens is 1. The Hall–Kier alpha value is -2.71. The summed E-state index contributed by atoms with van der Waals surface area (Å²) in [6.45, 7) is 6.00. The number of ether oxygens (including phenoxy) is 3. The zero-order chi connectivity index (χ0) is 20.1. The van der Waals surface area contributed by atoms with Crippen molar-refractivity contribution < 1.29 is 28.2 Å². The summed E-state index contributed by atoms with van der Waals surface area (Å²) < 4.78 is 21.6. The number of hydrogen-bond acceptors (Lipinski definition) is 8. The van der Waals surface area contributed by atoms with Crippen LogP contribution in [0.5, 0.6) is 0 Å². The first-order valence-electron chi connectivity index (χ1n) is 8.90. The Kier molecular flexibility index (Phi) is 6.43. The third kappa shape index (κ3) is 4.58. The molecule has 0 saturated carbocycles. The number of para-hydroxylation sites is 1. The molecule has 8 heteroatoms. The lowest BCUT2D eigenvalue weighted by molar-refractivity contribution is 0.0408. The van der Waals surface area contributed by atoms with Crippen molar-refractivity contribution >= 4 is 34.2 Å². The molecule has 0 aliphatic heterocycles. The molecule has 0 amide bonds. The van der Waals surface area contributed by atoms with Crippen molar-refractivity contribution in [3.8, 4) is 0 Å². The minimum atomic E-state index is -0.607. The third-order valence-corrected chi connectivity index (χ3v) is 4.67. The van der Waals surface area contributed by atoms with E-state index in [1.807, 2.05) is 32.0 Å². The summed E-state index contributed by atoms with van der Waals surface area (Å²) in [6.07, 6.45) is 0.00818. The van der Waals surface area contributed by atoms with Crippen LogP contribution in [0.15, 0.2) is 34.1 Å². The van der Waals surface area contributed by atoms with Crippen molar-refractivity contribution in [3.63, 3.8) is 0 Å². The monoisotopic (exact) mass is 403 g/mol. The molecule has 0 aliphatic carbocycles. The molecular formula is C20H21NO6S. The summed E-state index contributed by atoms with van der Waals surface area (Å²) in [5.41, 5.74) is 1.72. The zero-order valence-electron chi connectivity index (χ0n) is 15.9. The summed E-state index contributed by atoms with van der Waals surface area (Å²) in [5.74, 6) is -0.984. The van der Waals surface area contributed by atoms with Gasteiger partial charge in [-0.2, -0.15) is 0 Å². The van der Waals surface area contributed by atoms with Gasteiger partial charge in [0.2, 0.25) is 10.8 Å². The van der Waals surface area contributed by atoms with E-state index in [1.165, 1.54) is 0 Å². The number of carbonyl (C=O) groups excluding carboxylic acids is 2. The van der Waals surface area contributed by atoms with Crippen LogP contribution in [0.25, 0.3) is 11.0 Å². The summed E-state index contributed by atoms with van der Waals surface area (Å²) >= 11 is 1.14. The molecule has 0 spiro atoms. The Bertz CT molecular complexity index is 974. The molecule has 3 rings (SSSR count). The van der Waals surface area contributed by atoms with E-state index in [4.69, 9.17) is 18.6 Å². The van der Waals surface area contributed by atoms with E-state index < -0.39 is 11.9 Å². The maximum Gasteiger partial charge on any atom is 0.375 e. The Morgan fingerprint density at radius 2 is 1.93 bits per heavy atom. The normalized spacial score (nSPS) is 11.1. The predicted molar refractivity (Wildman–Crippen MR) is 103 cm³/mol. The molecule has 0 aliphatic rings. The number of benzene rings is 1. The largest absolute Gasteiger partial charge is 0.461 e. The highest BCUT2D eigenvalue weighted by atomic mass is 32.1. The number of rotatable bonds is 8. The summed E-state index contributed by atoms with van der Waals surface area (Å²) in [6, 6.07) is 7.37. The lowest BCUT2D eigenvalue weighted by atomic mass is 10.1. The number of fused-ring (bicyclic) bond motifs is 1. The summed E-state index contributed by atoms with van der Waals surface area (Å²) in [5, 5.41) is 2.69. The first-order chi connectivity index (χ1) is 13.5. The van der Waals surface area contributed by atoms with Crippen LogP contribution in [0.2, 0.25) is 0 Å². The van der Waals surface area contributed by atoms with E-state index >= 15 is 0 Å². The van der Waals surface area contributed by atoms with Gasteiger partial charge < -0.3 is 18.6 Å². The quantitative estimate of drug-likeness (QED) is 0.517. The maximum absolute atomic E-state index is 12.6. The van der Waals surface area contributed by atoms with E-state index in [-0.39, 0.29) is 36.7 Å². The van der Waals surface area contributed by atoms with Gasteiger partial charge in [0, 0.05) is 16.3 Å². The standard InChI is InChI=1S/C20H21NO6S/c1-4-24-20(23)18-21-13(11-28-18)9-26-19(22)17-15(10-25-12(2)3)14-7-5-6-8-16(14)27-17/h5-8,11-12H,4,9-10H2,1-3H3. The van der Waals surface area contributed by atoms with Gasteiger partial charge in [0.1, 0.15) is 12.2 Å². The average Bonchev–Trinajstić information content (AvgIpc) is 3.29. The summed E-state index contributed by atoms with van der Waals surface area (Å²) in [4.78, 5) is 28.4. The minimum absolute atomic E-state index is 0.00818. The molecule has 0 unspecified atom stereocenters. The van der Waals surface area contributed by atoms with E-state index in [1.54, 1.807) is 18.4 Å². The SMILES string of the molecule is CCOC(=O)c1nc(COC(=O)c2oc3ccccc3c2COC(C)C)cs1. The Labute approximate surface area is 166 Å². The fourth-order valence-electron chi connectivity index (χ4n) is 2.52. The molecule has 28 heavy (non-hydrogen) atoms. The first-order valence-corrected chi connectivity index (χ1v) is 9.78. The van der Waals surface area contributed by atoms with Crippen molar-refractivity contribution in [1.29, 1.82) is 0 Å². The smallest absolute Gasteiger partial charge is 0.375 e. The van der Waals surface area contributed by atoms with E-state index in [9.17, 15) is 9.59 Å². The number of thiazole rings is 1. The van der Waals surface area contributed by atoms with E-state index in [0.717, 1.165) is 16.7 Å². The molecule has 2 aromatic heterocycles. The van der Waals surface area contributed by atoms with Crippen LogP contribution in [0.3, 0.4) is 0 Å². The molecule has 7 nitrogen and oxygen atoms in total. The van der Waals surface area contributed by atoms with Crippen molar-refractivity contribution in [2.75, 3.05) is 6.61 Å². The fraction of sp³-hybridized carbons (Fsp3) is 0.350. The van der Waals surface area contributed by atoms with Gasteiger partial charge in [-0.15, -0.1) is 11.3 Å². The second kappa shape index (κ2) is 8.99. The number of nitrogens with zero attached hydrogens (tertiary/aromatic N) is 1. The number of carbonyl (C=O) groups is 2. The molecule has 2 heterocycles. The fourth-order valence-corrected chi connectivity index (χ4v) is 3.22. The number of hydrogen-bond donors (Lipinski definition) is 0. The summed E-state index contributed by atoms with van der Waals surface area (Å²) in [7, 11) is 0. The Morgan fingerprint density at radius 3 is 2.68 bits per heavy atom. The topological polar surface area (TPSA) is 87.9 Å². The van der Waals surface area contributed by atoms with E-state index in [0.29, 0.717) is 16.8 Å². The first kappa shape index (κ1) is 20.0. The Morgan fingerprint density at radius 1 is 1.14 bits per heavy atom. The van der Waals surface area contributed by atoms with Crippen LogP contribution < -0.4 is 0 Å². The van der Waals surface area contributed by atoms with Gasteiger partial charge in [-0.3, -0.25) is 0 Å². The van der Waals surface area contributed by atoms with Crippen molar-refractivity contribution in [3.05, 3.63) is 51.7 Å². The van der Waals surface area contributed by atoms with Crippen molar-refractivity contribution in [1.82, 2.24) is 4.98 Å². The highest BCUT2D eigenvalue weighted by Gasteiger charge is 2.23. The molecule has 0 saturated heterocycles. The van der Waals surface area contributed by atoms with Gasteiger partial charge in [0.25, 0.3) is 0 Å².